The van der Waals surface area contributed by atoms with E-state index in [1.54, 1.807) is 0 Å². The molecule has 1 aromatic heterocycles. The fraction of sp³-hybridized carbons (Fsp3) is 0.714. The largest absolute Gasteiger partial charge is 0.469 e. The molecule has 0 unspecified atom stereocenters. The van der Waals surface area contributed by atoms with E-state index in [0.29, 0.717) is 30.2 Å². The number of aliphatic imine (C=N–C) groups is 1. The third-order valence-corrected chi connectivity index (χ3v) is 8.16. The maximum Gasteiger partial charge on any atom is 0.314 e. The fourth-order valence-corrected chi connectivity index (χ4v) is 7.14. The van der Waals surface area contributed by atoms with E-state index in [4.69, 9.17) is 14.1 Å². The van der Waals surface area contributed by atoms with Gasteiger partial charge < -0.3 is 9.15 Å². The number of esters is 1. The summed E-state index contributed by atoms with van der Waals surface area (Å²) >= 11 is 0. The highest BCUT2D eigenvalue weighted by Crippen LogP contribution is 2.66. The molecule has 0 saturated heterocycles. The molecule has 1 aliphatic heterocycles. The summed E-state index contributed by atoms with van der Waals surface area (Å²) in [4.78, 5) is 17.6. The van der Waals surface area contributed by atoms with E-state index in [2.05, 4.69) is 19.2 Å². The van der Waals surface area contributed by atoms with Crippen LogP contribution in [-0.2, 0) is 16.0 Å². The average molecular weight is 341 g/mol. The Bertz CT molecular complexity index is 737. The van der Waals surface area contributed by atoms with Gasteiger partial charge >= 0.3 is 5.97 Å². The molecular weight excluding hydrogens is 314 g/mol. The zero-order valence-corrected chi connectivity index (χ0v) is 15.2. The van der Waals surface area contributed by atoms with Gasteiger partial charge in [-0.25, -0.2) is 0 Å². The molecule has 25 heavy (non-hydrogen) atoms. The van der Waals surface area contributed by atoms with Gasteiger partial charge in [0.1, 0.15) is 5.76 Å². The van der Waals surface area contributed by atoms with Crippen molar-refractivity contribution in [2.45, 2.75) is 51.4 Å². The Kier molecular flexibility index (Phi) is 3.27. The van der Waals surface area contributed by atoms with Crippen molar-refractivity contribution in [3.63, 3.8) is 0 Å². The molecular formula is C21H27NO3. The minimum Gasteiger partial charge on any atom is -0.469 e. The highest BCUT2D eigenvalue weighted by atomic mass is 16.5. The quantitative estimate of drug-likeness (QED) is 0.726. The van der Waals surface area contributed by atoms with E-state index in [1.165, 1.54) is 19.1 Å². The number of rotatable bonds is 1. The van der Waals surface area contributed by atoms with Crippen molar-refractivity contribution in [3.8, 4) is 0 Å². The molecule has 4 aliphatic rings. The number of carbonyl (C=O) groups excluding carboxylic acids is 1. The number of fused-ring (bicyclic) bond motifs is 2. The molecule has 2 saturated carbocycles. The average Bonchev–Trinajstić information content (AvgIpc) is 3.09. The first-order valence-electron chi connectivity index (χ1n) is 9.78. The van der Waals surface area contributed by atoms with E-state index in [-0.39, 0.29) is 16.8 Å². The Morgan fingerprint density at radius 1 is 1.36 bits per heavy atom. The van der Waals surface area contributed by atoms with E-state index in [0.717, 1.165) is 37.9 Å². The first-order valence-corrected chi connectivity index (χ1v) is 9.78. The van der Waals surface area contributed by atoms with Gasteiger partial charge in [-0.2, -0.15) is 0 Å². The van der Waals surface area contributed by atoms with Crippen molar-refractivity contribution in [3.05, 3.63) is 23.7 Å². The lowest BCUT2D eigenvalue weighted by atomic mass is 9.42. The first-order chi connectivity index (χ1) is 12.1. The number of hydrogen-bond acceptors (Lipinski definition) is 4. The molecule has 1 aromatic rings. The summed E-state index contributed by atoms with van der Waals surface area (Å²) in [5.74, 6) is 3.25. The molecule has 0 amide bonds. The van der Waals surface area contributed by atoms with Crippen molar-refractivity contribution < 1.29 is 13.9 Å². The van der Waals surface area contributed by atoms with Crippen molar-refractivity contribution in [1.82, 2.24) is 0 Å². The van der Waals surface area contributed by atoms with Crippen LogP contribution in [0.25, 0.3) is 0 Å². The summed E-state index contributed by atoms with van der Waals surface area (Å²) in [6, 6.07) is 2.16. The third-order valence-electron chi connectivity index (χ3n) is 8.16. The van der Waals surface area contributed by atoms with Crippen LogP contribution in [0.2, 0.25) is 0 Å². The Hall–Kier alpha value is -1.58. The van der Waals surface area contributed by atoms with Crippen LogP contribution in [0.3, 0.4) is 0 Å². The summed E-state index contributed by atoms with van der Waals surface area (Å²) in [5, 5.41) is 0. The van der Waals surface area contributed by atoms with Gasteiger partial charge in [0.2, 0.25) is 0 Å². The summed E-state index contributed by atoms with van der Waals surface area (Å²) in [6.45, 7) is 2.98. The molecule has 4 heteroatoms. The molecule has 134 valence electrons. The predicted octanol–water partition coefficient (Wildman–Crippen LogP) is 4.00. The van der Waals surface area contributed by atoms with Gasteiger partial charge in [-0.05, 0) is 61.0 Å². The molecule has 0 N–H and O–H groups in total. The summed E-state index contributed by atoms with van der Waals surface area (Å²) in [6.07, 6.45) is 10.6. The zero-order valence-electron chi connectivity index (χ0n) is 15.2. The van der Waals surface area contributed by atoms with Crippen molar-refractivity contribution in [2.24, 2.45) is 33.6 Å². The van der Waals surface area contributed by atoms with Gasteiger partial charge in [-0.1, -0.05) is 13.3 Å². The maximum atomic E-state index is 12.8. The molecule has 2 heterocycles. The van der Waals surface area contributed by atoms with Crippen LogP contribution in [0.15, 0.2) is 21.7 Å². The van der Waals surface area contributed by atoms with Gasteiger partial charge in [0, 0.05) is 18.1 Å². The SMILES string of the molecule is COC(=O)[C@]12CCC[C@@]3(C=NC1)[C@H]1Cc4occc4[C@H](C)[C@@H]1CC[C@@H]23. The second-order valence-corrected chi connectivity index (χ2v) is 8.78. The number of methoxy groups -OCH3 is 1. The second-order valence-electron chi connectivity index (χ2n) is 8.78. The smallest absolute Gasteiger partial charge is 0.314 e. The predicted molar refractivity (Wildman–Crippen MR) is 94.6 cm³/mol. The van der Waals surface area contributed by atoms with Crippen LogP contribution in [0.1, 0.15) is 56.3 Å². The topological polar surface area (TPSA) is 51.8 Å². The molecule has 2 fully saturated rings. The summed E-state index contributed by atoms with van der Waals surface area (Å²) in [7, 11) is 1.54. The van der Waals surface area contributed by atoms with Crippen LogP contribution in [0, 0.1) is 28.6 Å². The van der Waals surface area contributed by atoms with E-state index >= 15 is 0 Å². The number of ether oxygens (including phenoxy) is 1. The van der Waals surface area contributed by atoms with E-state index < -0.39 is 0 Å². The van der Waals surface area contributed by atoms with E-state index in [9.17, 15) is 4.79 Å². The Balaban J connectivity index is 1.62. The van der Waals surface area contributed by atoms with Crippen molar-refractivity contribution in [1.29, 1.82) is 0 Å². The monoisotopic (exact) mass is 341 g/mol. The lowest BCUT2D eigenvalue weighted by Gasteiger charge is -2.62. The number of hydrogen-bond donors (Lipinski definition) is 0. The van der Waals surface area contributed by atoms with Gasteiger partial charge in [0.15, 0.2) is 0 Å². The first kappa shape index (κ1) is 15.7. The van der Waals surface area contributed by atoms with Gasteiger partial charge in [0.25, 0.3) is 0 Å². The van der Waals surface area contributed by atoms with Crippen LogP contribution < -0.4 is 0 Å². The normalized spacial score (nSPS) is 44.4. The molecule has 6 atom stereocenters. The minimum absolute atomic E-state index is 0.0283. The number of furan rings is 1. The fourth-order valence-electron chi connectivity index (χ4n) is 7.14. The molecule has 0 aromatic carbocycles. The molecule has 4 nitrogen and oxygen atoms in total. The second kappa shape index (κ2) is 5.21. The molecule has 3 aliphatic carbocycles. The van der Waals surface area contributed by atoms with Crippen molar-refractivity contribution in [2.75, 3.05) is 13.7 Å². The maximum absolute atomic E-state index is 12.8. The van der Waals surface area contributed by atoms with Gasteiger partial charge in [-0.15, -0.1) is 0 Å². The highest BCUT2D eigenvalue weighted by Gasteiger charge is 2.65. The Morgan fingerprint density at radius 2 is 2.24 bits per heavy atom. The standard InChI is InChI=1S/C21H27NO3/c1-13-14-4-5-18-20(16(14)10-17-15(13)6-9-25-17)7-3-8-21(18,12-22-11-20)19(23)24-2/h6,9,11,13-14,16,18H,3-5,7-8,10,12H2,1-2H3/t13-,14+,16+,18-,20-,21-/m1/s1. The Morgan fingerprint density at radius 3 is 3.08 bits per heavy atom. The molecule has 5 rings (SSSR count). The Labute approximate surface area is 149 Å². The molecule has 0 spiro atoms. The minimum atomic E-state index is -0.389. The van der Waals surface area contributed by atoms with Gasteiger partial charge in [-0.3, -0.25) is 9.79 Å². The summed E-state index contributed by atoms with van der Waals surface area (Å²) < 4.78 is 11.1. The number of nitrogens with zero attached hydrogens (tertiary/aromatic N) is 1. The lowest BCUT2D eigenvalue weighted by molar-refractivity contribution is -0.171. The van der Waals surface area contributed by atoms with Crippen molar-refractivity contribution >= 4 is 12.2 Å². The zero-order chi connectivity index (χ0) is 17.2. The third kappa shape index (κ3) is 1.83. The summed E-state index contributed by atoms with van der Waals surface area (Å²) in [5.41, 5.74) is 1.06. The van der Waals surface area contributed by atoms with Crippen LogP contribution in [0.4, 0.5) is 0 Å². The number of carbonyl (C=O) groups is 1. The van der Waals surface area contributed by atoms with Crippen LogP contribution >= 0.6 is 0 Å². The van der Waals surface area contributed by atoms with Crippen LogP contribution in [-0.4, -0.2) is 25.8 Å². The highest BCUT2D eigenvalue weighted by molar-refractivity contribution is 5.82. The van der Waals surface area contributed by atoms with Gasteiger partial charge in [0.05, 0.1) is 25.3 Å². The van der Waals surface area contributed by atoms with Crippen LogP contribution in [0.5, 0.6) is 0 Å². The lowest BCUT2D eigenvalue weighted by Crippen LogP contribution is -2.62. The van der Waals surface area contributed by atoms with E-state index in [1.807, 2.05) is 6.26 Å². The molecule has 2 bridgehead atoms. The molecule has 0 radical (unpaired) electrons.